The van der Waals surface area contributed by atoms with Crippen LogP contribution in [-0.4, -0.2) is 62.3 Å². The Morgan fingerprint density at radius 3 is 2.46 bits per heavy atom. The molecule has 0 N–H and O–H groups in total. The van der Waals surface area contributed by atoms with Gasteiger partial charge in [0.15, 0.2) is 5.65 Å². The lowest BCUT2D eigenvalue weighted by Crippen LogP contribution is -2.50. The fraction of sp³-hybridized carbons (Fsp3) is 0.400. The molecule has 7 nitrogen and oxygen atoms in total. The van der Waals surface area contributed by atoms with Crippen molar-refractivity contribution in [3.8, 4) is 0 Å². The highest BCUT2D eigenvalue weighted by molar-refractivity contribution is 7.12. The second-order valence-electron chi connectivity index (χ2n) is 7.42. The minimum Gasteiger partial charge on any atom is -0.335 e. The first-order valence-electron chi connectivity index (χ1n) is 9.46. The molecule has 28 heavy (non-hydrogen) atoms. The molecule has 0 bridgehead atoms. The number of hydrogen-bond donors (Lipinski definition) is 0. The lowest BCUT2D eigenvalue weighted by molar-refractivity contribution is 0.0538. The number of thiophene rings is 1. The van der Waals surface area contributed by atoms with Gasteiger partial charge in [-0.15, -0.1) is 11.3 Å². The van der Waals surface area contributed by atoms with Crippen LogP contribution in [0.5, 0.6) is 0 Å². The van der Waals surface area contributed by atoms with Gasteiger partial charge in [0.05, 0.1) is 16.8 Å². The van der Waals surface area contributed by atoms with Crippen LogP contribution in [0.25, 0.3) is 11.2 Å². The molecule has 0 unspecified atom stereocenters. The van der Waals surface area contributed by atoms with Gasteiger partial charge in [0, 0.05) is 38.9 Å². The van der Waals surface area contributed by atoms with Gasteiger partial charge in [0.25, 0.3) is 11.8 Å². The lowest BCUT2D eigenvalue weighted by atomic mass is 10.2. The number of imidazole rings is 1. The van der Waals surface area contributed by atoms with Gasteiger partial charge in [-0.1, -0.05) is 19.9 Å². The van der Waals surface area contributed by atoms with Crippen LogP contribution in [0.2, 0.25) is 0 Å². The van der Waals surface area contributed by atoms with Crippen molar-refractivity contribution >= 4 is 34.3 Å². The Kier molecular flexibility index (Phi) is 5.13. The fourth-order valence-electron chi connectivity index (χ4n) is 3.44. The number of pyridine rings is 1. The van der Waals surface area contributed by atoms with Crippen molar-refractivity contribution in [1.29, 1.82) is 0 Å². The third-order valence-electron chi connectivity index (χ3n) is 4.85. The fourth-order valence-corrected chi connectivity index (χ4v) is 4.13. The van der Waals surface area contributed by atoms with E-state index in [0.29, 0.717) is 37.7 Å². The van der Waals surface area contributed by atoms with E-state index in [1.54, 1.807) is 17.4 Å². The molecule has 0 aliphatic carbocycles. The van der Waals surface area contributed by atoms with Gasteiger partial charge in [0.1, 0.15) is 5.52 Å². The minimum absolute atomic E-state index is 0.0425. The molecule has 0 atom stereocenters. The highest BCUT2D eigenvalue weighted by Gasteiger charge is 2.26. The molecule has 0 radical (unpaired) electrons. The maximum atomic E-state index is 12.9. The van der Waals surface area contributed by atoms with Crippen LogP contribution in [-0.2, 0) is 6.54 Å². The Morgan fingerprint density at radius 2 is 1.82 bits per heavy atom. The topological polar surface area (TPSA) is 71.3 Å². The summed E-state index contributed by atoms with van der Waals surface area (Å²) in [5, 5.41) is 1.90. The van der Waals surface area contributed by atoms with E-state index in [0.717, 1.165) is 22.6 Å². The second kappa shape index (κ2) is 7.71. The van der Waals surface area contributed by atoms with Crippen molar-refractivity contribution in [3.63, 3.8) is 0 Å². The number of carbonyl (C=O) groups is 2. The monoisotopic (exact) mass is 397 g/mol. The molecule has 1 aliphatic heterocycles. The van der Waals surface area contributed by atoms with Crippen molar-refractivity contribution in [2.45, 2.75) is 20.4 Å². The number of carbonyl (C=O) groups excluding carboxylic acids is 2. The number of hydrogen-bond acceptors (Lipinski definition) is 5. The predicted molar refractivity (Wildman–Crippen MR) is 108 cm³/mol. The Labute approximate surface area is 167 Å². The van der Waals surface area contributed by atoms with Crippen LogP contribution >= 0.6 is 11.3 Å². The SMILES string of the molecule is CC(C)Cn1cnc2cc(C(=O)N3CCN(C(=O)c4cccs4)CC3)cnc21. The van der Waals surface area contributed by atoms with Gasteiger partial charge in [-0.05, 0) is 23.4 Å². The number of piperazine rings is 1. The summed E-state index contributed by atoms with van der Waals surface area (Å²) in [6.07, 6.45) is 3.41. The first-order valence-corrected chi connectivity index (χ1v) is 10.3. The highest BCUT2D eigenvalue weighted by Crippen LogP contribution is 2.17. The zero-order valence-corrected chi connectivity index (χ0v) is 16.9. The molecular formula is C20H23N5O2S. The molecule has 3 aromatic heterocycles. The van der Waals surface area contributed by atoms with Crippen LogP contribution in [0.3, 0.4) is 0 Å². The standard InChI is InChI=1S/C20H23N5O2S/c1-14(2)12-25-13-22-16-10-15(11-21-18(16)25)19(26)23-5-7-24(8-6-23)20(27)17-4-3-9-28-17/h3-4,9-11,13-14H,5-8,12H2,1-2H3. The van der Waals surface area contributed by atoms with Crippen LogP contribution in [0.15, 0.2) is 36.1 Å². The Morgan fingerprint density at radius 1 is 1.11 bits per heavy atom. The summed E-state index contributed by atoms with van der Waals surface area (Å²) in [5.41, 5.74) is 2.08. The number of amides is 2. The van der Waals surface area contributed by atoms with Crippen LogP contribution < -0.4 is 0 Å². The number of nitrogens with zero attached hydrogens (tertiary/aromatic N) is 5. The van der Waals surface area contributed by atoms with Gasteiger partial charge in [-0.3, -0.25) is 9.59 Å². The smallest absolute Gasteiger partial charge is 0.264 e. The molecule has 1 aliphatic rings. The van der Waals surface area contributed by atoms with Crippen molar-refractivity contribution in [1.82, 2.24) is 24.3 Å². The Hall–Kier alpha value is -2.74. The van der Waals surface area contributed by atoms with Crippen LogP contribution in [0.4, 0.5) is 0 Å². The van der Waals surface area contributed by atoms with Crippen molar-refractivity contribution in [3.05, 3.63) is 46.5 Å². The number of rotatable bonds is 4. The number of aromatic nitrogens is 3. The summed E-state index contributed by atoms with van der Waals surface area (Å²) in [4.78, 5) is 38.5. The molecule has 0 saturated carbocycles. The Balaban J connectivity index is 1.43. The van der Waals surface area contributed by atoms with Crippen molar-refractivity contribution in [2.75, 3.05) is 26.2 Å². The van der Waals surface area contributed by atoms with Crippen molar-refractivity contribution < 1.29 is 9.59 Å². The third-order valence-corrected chi connectivity index (χ3v) is 5.71. The first-order chi connectivity index (χ1) is 13.5. The number of fused-ring (bicyclic) bond motifs is 1. The predicted octanol–water partition coefficient (Wildman–Crippen LogP) is 2.75. The zero-order chi connectivity index (χ0) is 19.7. The first kappa shape index (κ1) is 18.6. The molecule has 3 aromatic rings. The average molecular weight is 398 g/mol. The summed E-state index contributed by atoms with van der Waals surface area (Å²) in [5.74, 6) is 0.477. The van der Waals surface area contributed by atoms with E-state index >= 15 is 0 Å². The molecule has 146 valence electrons. The summed E-state index contributed by atoms with van der Waals surface area (Å²) >= 11 is 1.45. The molecule has 4 heterocycles. The average Bonchev–Trinajstić information content (AvgIpc) is 3.37. The van der Waals surface area contributed by atoms with E-state index in [1.165, 1.54) is 11.3 Å². The molecule has 8 heteroatoms. The van der Waals surface area contributed by atoms with Gasteiger partial charge in [0.2, 0.25) is 0 Å². The van der Waals surface area contributed by atoms with Gasteiger partial charge in [-0.2, -0.15) is 0 Å². The summed E-state index contributed by atoms with van der Waals surface area (Å²) in [6, 6.07) is 5.53. The maximum absolute atomic E-state index is 12.9. The maximum Gasteiger partial charge on any atom is 0.264 e. The summed E-state index contributed by atoms with van der Waals surface area (Å²) < 4.78 is 2.02. The van der Waals surface area contributed by atoms with Gasteiger partial charge < -0.3 is 14.4 Å². The zero-order valence-electron chi connectivity index (χ0n) is 16.0. The quantitative estimate of drug-likeness (QED) is 0.679. The second-order valence-corrected chi connectivity index (χ2v) is 8.37. The van der Waals surface area contributed by atoms with Gasteiger partial charge >= 0.3 is 0 Å². The molecular weight excluding hydrogens is 374 g/mol. The largest absolute Gasteiger partial charge is 0.335 e. The highest BCUT2D eigenvalue weighted by atomic mass is 32.1. The van der Waals surface area contributed by atoms with E-state index in [4.69, 9.17) is 0 Å². The molecule has 1 fully saturated rings. The van der Waals surface area contributed by atoms with E-state index in [-0.39, 0.29) is 11.8 Å². The molecule has 1 saturated heterocycles. The van der Waals surface area contributed by atoms with Crippen LogP contribution in [0, 0.1) is 5.92 Å². The molecule has 2 amide bonds. The molecule has 0 spiro atoms. The van der Waals surface area contributed by atoms with Crippen LogP contribution in [0.1, 0.15) is 33.9 Å². The van der Waals surface area contributed by atoms with Crippen molar-refractivity contribution in [2.24, 2.45) is 5.92 Å². The minimum atomic E-state index is -0.0592. The van der Waals surface area contributed by atoms with E-state index in [1.807, 2.05) is 33.0 Å². The van der Waals surface area contributed by atoms with E-state index < -0.39 is 0 Å². The summed E-state index contributed by atoms with van der Waals surface area (Å²) in [6.45, 7) is 7.27. The molecule has 0 aromatic carbocycles. The summed E-state index contributed by atoms with van der Waals surface area (Å²) in [7, 11) is 0. The lowest BCUT2D eigenvalue weighted by Gasteiger charge is -2.34. The molecule has 4 rings (SSSR count). The van der Waals surface area contributed by atoms with Gasteiger partial charge in [-0.25, -0.2) is 9.97 Å². The van der Waals surface area contributed by atoms with E-state index in [2.05, 4.69) is 23.8 Å². The Bertz CT molecular complexity index is 987. The normalized spacial score (nSPS) is 14.8. The third kappa shape index (κ3) is 3.64. The van der Waals surface area contributed by atoms with E-state index in [9.17, 15) is 9.59 Å².